The summed E-state index contributed by atoms with van der Waals surface area (Å²) in [6.07, 6.45) is -0.267. The van der Waals surface area contributed by atoms with Crippen LogP contribution in [-0.2, 0) is 4.79 Å². The van der Waals surface area contributed by atoms with Crippen molar-refractivity contribution in [2.45, 2.75) is 12.5 Å². The van der Waals surface area contributed by atoms with E-state index in [1.165, 1.54) is 18.2 Å². The number of benzene rings is 1. The Kier molecular flexibility index (Phi) is 3.89. The van der Waals surface area contributed by atoms with Gasteiger partial charge in [-0.05, 0) is 0 Å². The molecule has 90 valence electrons. The highest BCUT2D eigenvalue weighted by Crippen LogP contribution is 2.14. The van der Waals surface area contributed by atoms with Crippen LogP contribution < -0.4 is 11.5 Å². The molecule has 0 aliphatic heterocycles. The van der Waals surface area contributed by atoms with Crippen LogP contribution in [0.25, 0.3) is 0 Å². The number of ketones is 1. The fourth-order valence-electron chi connectivity index (χ4n) is 1.21. The fourth-order valence-corrected chi connectivity index (χ4v) is 1.21. The van der Waals surface area contributed by atoms with Crippen LogP contribution in [0.2, 0.25) is 0 Å². The van der Waals surface area contributed by atoms with Gasteiger partial charge in [-0.3, -0.25) is 19.7 Å². The molecule has 0 saturated heterocycles. The predicted octanol–water partition coefficient (Wildman–Crippen LogP) is -0.0198. The molecule has 1 amide bonds. The van der Waals surface area contributed by atoms with Gasteiger partial charge in [0.15, 0.2) is 5.78 Å². The van der Waals surface area contributed by atoms with Gasteiger partial charge < -0.3 is 11.5 Å². The van der Waals surface area contributed by atoms with Crippen molar-refractivity contribution in [1.82, 2.24) is 0 Å². The average molecular weight is 237 g/mol. The second kappa shape index (κ2) is 5.17. The number of nitro benzene ring substituents is 1. The molecule has 17 heavy (non-hydrogen) atoms. The summed E-state index contributed by atoms with van der Waals surface area (Å²) in [5.41, 5.74) is 10.2. The van der Waals surface area contributed by atoms with Crippen LogP contribution in [0.5, 0.6) is 0 Å². The van der Waals surface area contributed by atoms with Crippen molar-refractivity contribution in [2.24, 2.45) is 11.5 Å². The van der Waals surface area contributed by atoms with Gasteiger partial charge in [-0.1, -0.05) is 12.1 Å². The molecule has 4 N–H and O–H groups in total. The lowest BCUT2D eigenvalue weighted by Crippen LogP contribution is -2.38. The van der Waals surface area contributed by atoms with E-state index < -0.39 is 22.7 Å². The smallest absolute Gasteiger partial charge is 0.270 e. The number of primary amides is 1. The van der Waals surface area contributed by atoms with Crippen LogP contribution >= 0.6 is 0 Å². The van der Waals surface area contributed by atoms with Crippen LogP contribution in [0.3, 0.4) is 0 Å². The van der Waals surface area contributed by atoms with E-state index in [4.69, 9.17) is 11.5 Å². The van der Waals surface area contributed by atoms with Crippen molar-refractivity contribution in [3.05, 3.63) is 39.9 Å². The van der Waals surface area contributed by atoms with Crippen molar-refractivity contribution in [2.75, 3.05) is 0 Å². The molecule has 0 aromatic heterocycles. The monoisotopic (exact) mass is 237 g/mol. The number of rotatable bonds is 5. The van der Waals surface area contributed by atoms with Gasteiger partial charge in [0.25, 0.3) is 5.69 Å². The molecular weight excluding hydrogens is 226 g/mol. The van der Waals surface area contributed by atoms with E-state index in [2.05, 4.69) is 0 Å². The Morgan fingerprint density at radius 2 is 2.06 bits per heavy atom. The molecular formula is C10H11N3O4. The number of nitrogens with two attached hydrogens (primary N) is 2. The van der Waals surface area contributed by atoms with Crippen molar-refractivity contribution >= 4 is 17.4 Å². The summed E-state index contributed by atoms with van der Waals surface area (Å²) >= 11 is 0. The second-order valence-electron chi connectivity index (χ2n) is 3.44. The van der Waals surface area contributed by atoms with E-state index in [0.29, 0.717) is 0 Å². The van der Waals surface area contributed by atoms with Crippen molar-refractivity contribution < 1.29 is 14.5 Å². The molecule has 1 unspecified atom stereocenters. The van der Waals surface area contributed by atoms with E-state index in [0.717, 1.165) is 6.07 Å². The van der Waals surface area contributed by atoms with Crippen LogP contribution in [0, 0.1) is 10.1 Å². The normalized spacial score (nSPS) is 11.8. The van der Waals surface area contributed by atoms with E-state index in [1.54, 1.807) is 0 Å². The van der Waals surface area contributed by atoms with Crippen LogP contribution in [0.15, 0.2) is 24.3 Å². The highest BCUT2D eigenvalue weighted by atomic mass is 16.6. The van der Waals surface area contributed by atoms with Gasteiger partial charge in [0.05, 0.1) is 11.0 Å². The summed E-state index contributed by atoms with van der Waals surface area (Å²) in [7, 11) is 0. The zero-order valence-electron chi connectivity index (χ0n) is 8.83. The van der Waals surface area contributed by atoms with Crippen LogP contribution in [-0.4, -0.2) is 22.7 Å². The summed E-state index contributed by atoms with van der Waals surface area (Å²) in [6, 6.07) is 4.13. The number of carbonyl (C=O) groups excluding carboxylic acids is 2. The molecule has 0 spiro atoms. The lowest BCUT2D eigenvalue weighted by molar-refractivity contribution is -0.384. The molecule has 7 heteroatoms. The van der Waals surface area contributed by atoms with Crippen molar-refractivity contribution in [3.63, 3.8) is 0 Å². The van der Waals surface area contributed by atoms with Crippen LogP contribution in [0.1, 0.15) is 16.8 Å². The number of hydrogen-bond acceptors (Lipinski definition) is 5. The molecule has 0 aliphatic rings. The Morgan fingerprint density at radius 1 is 1.41 bits per heavy atom. The number of nitro groups is 1. The van der Waals surface area contributed by atoms with E-state index >= 15 is 0 Å². The zero-order valence-corrected chi connectivity index (χ0v) is 8.83. The number of Topliss-reactive ketones (excluding diaryl/α,β-unsaturated/α-hetero) is 1. The largest absolute Gasteiger partial charge is 0.368 e. The zero-order chi connectivity index (χ0) is 13.0. The standard InChI is InChI=1S/C10H11N3O4/c11-8(10(12)15)5-9(14)6-2-1-3-7(4-6)13(16)17/h1-4,8H,5,11H2,(H2,12,15). The highest BCUT2D eigenvalue weighted by molar-refractivity contribution is 5.99. The third-order valence-corrected chi connectivity index (χ3v) is 2.15. The van der Waals surface area contributed by atoms with Gasteiger partial charge in [-0.25, -0.2) is 0 Å². The van der Waals surface area contributed by atoms with E-state index in [-0.39, 0.29) is 17.7 Å². The highest BCUT2D eigenvalue weighted by Gasteiger charge is 2.17. The summed E-state index contributed by atoms with van der Waals surface area (Å²) in [4.78, 5) is 32.2. The topological polar surface area (TPSA) is 129 Å². The number of nitrogens with zero attached hydrogens (tertiary/aromatic N) is 1. The number of amides is 1. The Hall–Kier alpha value is -2.28. The maximum atomic E-state index is 11.6. The quantitative estimate of drug-likeness (QED) is 0.422. The summed E-state index contributed by atoms with van der Waals surface area (Å²) < 4.78 is 0. The molecule has 1 atom stereocenters. The summed E-state index contributed by atoms with van der Waals surface area (Å²) in [6.45, 7) is 0. The molecule has 0 saturated carbocycles. The molecule has 7 nitrogen and oxygen atoms in total. The Labute approximate surface area is 96.5 Å². The minimum absolute atomic E-state index is 0.135. The third kappa shape index (κ3) is 3.35. The molecule has 1 aromatic rings. The number of carbonyl (C=O) groups is 2. The van der Waals surface area contributed by atoms with Gasteiger partial charge >= 0.3 is 0 Å². The van der Waals surface area contributed by atoms with Gasteiger partial charge in [-0.15, -0.1) is 0 Å². The van der Waals surface area contributed by atoms with Gasteiger partial charge in [0.2, 0.25) is 5.91 Å². The van der Waals surface area contributed by atoms with Crippen LogP contribution in [0.4, 0.5) is 5.69 Å². The van der Waals surface area contributed by atoms with E-state index in [1.807, 2.05) is 0 Å². The SMILES string of the molecule is NC(=O)C(N)CC(=O)c1cccc([N+](=O)[O-])c1. The van der Waals surface area contributed by atoms with Gasteiger partial charge in [-0.2, -0.15) is 0 Å². The first kappa shape index (κ1) is 12.8. The maximum Gasteiger partial charge on any atom is 0.270 e. The van der Waals surface area contributed by atoms with Crippen molar-refractivity contribution in [3.8, 4) is 0 Å². The lowest BCUT2D eigenvalue weighted by atomic mass is 10.0. The molecule has 0 bridgehead atoms. The lowest BCUT2D eigenvalue weighted by Gasteiger charge is -2.05. The first-order valence-electron chi connectivity index (χ1n) is 4.74. The first-order valence-corrected chi connectivity index (χ1v) is 4.74. The molecule has 0 radical (unpaired) electrons. The molecule has 1 rings (SSSR count). The number of hydrogen-bond donors (Lipinski definition) is 2. The first-order chi connectivity index (χ1) is 7.91. The number of non-ortho nitro benzene ring substituents is 1. The third-order valence-electron chi connectivity index (χ3n) is 2.15. The molecule has 1 aromatic carbocycles. The predicted molar refractivity (Wildman–Crippen MR) is 59.2 cm³/mol. The van der Waals surface area contributed by atoms with Gasteiger partial charge in [0, 0.05) is 24.1 Å². The Balaban J connectivity index is 2.86. The summed E-state index contributed by atoms with van der Waals surface area (Å²) in [5, 5.41) is 10.5. The summed E-state index contributed by atoms with van der Waals surface area (Å²) in [5.74, 6) is -1.25. The van der Waals surface area contributed by atoms with Gasteiger partial charge in [0.1, 0.15) is 0 Å². The fraction of sp³-hybridized carbons (Fsp3) is 0.200. The molecule has 0 aliphatic carbocycles. The van der Waals surface area contributed by atoms with E-state index in [9.17, 15) is 19.7 Å². The molecule has 0 heterocycles. The van der Waals surface area contributed by atoms with Crippen molar-refractivity contribution in [1.29, 1.82) is 0 Å². The maximum absolute atomic E-state index is 11.6. The second-order valence-corrected chi connectivity index (χ2v) is 3.44. The minimum atomic E-state index is -1.08. The minimum Gasteiger partial charge on any atom is -0.368 e. The Morgan fingerprint density at radius 3 is 2.59 bits per heavy atom. The average Bonchev–Trinajstić information content (AvgIpc) is 2.28. The molecule has 0 fully saturated rings. The Bertz CT molecular complexity index is 472.